The van der Waals surface area contributed by atoms with Crippen LogP contribution in [0.2, 0.25) is 0 Å². The van der Waals surface area contributed by atoms with Crippen LogP contribution >= 0.6 is 0 Å². The van der Waals surface area contributed by atoms with Gasteiger partial charge >= 0.3 is 0 Å². The Morgan fingerprint density at radius 1 is 1.06 bits per heavy atom. The van der Waals surface area contributed by atoms with Crippen LogP contribution in [0.5, 0.6) is 0 Å². The predicted octanol–water partition coefficient (Wildman–Crippen LogP) is 5.98. The number of unbranched alkanes of at least 4 members (excludes halogenated alkanes) is 2. The van der Waals surface area contributed by atoms with Gasteiger partial charge in [0.15, 0.2) is 0 Å². The topological polar surface area (TPSA) is 0 Å². The molecule has 0 N–H and O–H groups in total. The van der Waals surface area contributed by atoms with Gasteiger partial charge in [-0.2, -0.15) is 0 Å². The molecule has 0 heterocycles. The van der Waals surface area contributed by atoms with Crippen molar-refractivity contribution in [1.29, 1.82) is 0 Å². The van der Waals surface area contributed by atoms with Crippen molar-refractivity contribution in [3.63, 3.8) is 0 Å². The molecule has 1 saturated carbocycles. The highest BCUT2D eigenvalue weighted by molar-refractivity contribution is 4.94. The molecule has 2 unspecified atom stereocenters. The predicted molar refractivity (Wildman–Crippen MR) is 78.2 cm³/mol. The molecule has 1 fully saturated rings. The second-order valence-corrected chi connectivity index (χ2v) is 7.06. The molecule has 0 aromatic heterocycles. The van der Waals surface area contributed by atoms with E-state index in [-0.39, 0.29) is 0 Å². The van der Waals surface area contributed by atoms with E-state index in [1.54, 1.807) is 0 Å². The van der Waals surface area contributed by atoms with Crippen LogP contribution in [0.4, 0.5) is 0 Å². The van der Waals surface area contributed by atoms with Gasteiger partial charge in [-0.25, -0.2) is 0 Å². The lowest BCUT2D eigenvalue weighted by Gasteiger charge is -2.15. The summed E-state index contributed by atoms with van der Waals surface area (Å²) in [4.78, 5) is 0. The molecular formula is C17H32. The van der Waals surface area contributed by atoms with Gasteiger partial charge in [-0.05, 0) is 42.9 Å². The molecule has 17 heavy (non-hydrogen) atoms. The Labute approximate surface area is 109 Å². The van der Waals surface area contributed by atoms with Gasteiger partial charge in [0.05, 0.1) is 0 Å². The van der Waals surface area contributed by atoms with Gasteiger partial charge in [0, 0.05) is 0 Å². The summed E-state index contributed by atoms with van der Waals surface area (Å²) in [6, 6.07) is 0. The lowest BCUT2D eigenvalue weighted by atomic mass is 9.90. The lowest BCUT2D eigenvalue weighted by Crippen LogP contribution is -2.02. The summed E-state index contributed by atoms with van der Waals surface area (Å²) in [7, 11) is 0. The van der Waals surface area contributed by atoms with Gasteiger partial charge in [-0.15, -0.1) is 0 Å². The second kappa shape index (κ2) is 7.24. The first-order chi connectivity index (χ1) is 8.03. The third kappa shape index (κ3) is 7.63. The van der Waals surface area contributed by atoms with E-state index in [9.17, 15) is 0 Å². The molecule has 0 radical (unpaired) electrons. The molecule has 1 aliphatic carbocycles. The fourth-order valence-corrected chi connectivity index (χ4v) is 2.51. The highest BCUT2D eigenvalue weighted by Gasteiger charge is 2.34. The molecule has 0 spiro atoms. The van der Waals surface area contributed by atoms with Gasteiger partial charge in [0.1, 0.15) is 0 Å². The number of allylic oxidation sites excluding steroid dienone is 2. The molecule has 1 rings (SSSR count). The summed E-state index contributed by atoms with van der Waals surface area (Å²) in [5.41, 5.74) is 0.493. The summed E-state index contributed by atoms with van der Waals surface area (Å²) < 4.78 is 0. The fraction of sp³-hybridized carbons (Fsp3) is 0.882. The summed E-state index contributed by atoms with van der Waals surface area (Å²) >= 11 is 0. The van der Waals surface area contributed by atoms with E-state index in [0.717, 1.165) is 11.8 Å². The van der Waals surface area contributed by atoms with Gasteiger partial charge in [0.2, 0.25) is 0 Å². The number of rotatable bonds is 8. The van der Waals surface area contributed by atoms with Crippen molar-refractivity contribution in [3.05, 3.63) is 12.2 Å². The molecule has 0 heteroatoms. The zero-order chi connectivity index (χ0) is 12.7. The van der Waals surface area contributed by atoms with Crippen LogP contribution < -0.4 is 0 Å². The van der Waals surface area contributed by atoms with Crippen molar-refractivity contribution in [2.24, 2.45) is 17.3 Å². The first-order valence-electron chi connectivity index (χ1n) is 7.68. The van der Waals surface area contributed by atoms with E-state index >= 15 is 0 Å². The van der Waals surface area contributed by atoms with E-state index < -0.39 is 0 Å². The van der Waals surface area contributed by atoms with Crippen LogP contribution in [-0.2, 0) is 0 Å². The Morgan fingerprint density at radius 2 is 1.82 bits per heavy atom. The van der Waals surface area contributed by atoms with Crippen LogP contribution in [0, 0.1) is 17.3 Å². The standard InChI is InChI=1S/C17H32/c1-5-6-8-11-15-14-16(15)12-9-7-10-13-17(2,3)4/h7,9,15-16H,5-6,8,10-14H2,1-4H3/b9-7-. The zero-order valence-corrected chi connectivity index (χ0v) is 12.5. The van der Waals surface area contributed by atoms with E-state index in [1.165, 1.54) is 51.4 Å². The SMILES string of the molecule is CCCCCC1CC1C/C=C\CCC(C)(C)C. The minimum Gasteiger partial charge on any atom is -0.0885 e. The number of hydrogen-bond acceptors (Lipinski definition) is 0. The zero-order valence-electron chi connectivity index (χ0n) is 12.5. The maximum absolute atomic E-state index is 2.44. The average molecular weight is 236 g/mol. The van der Waals surface area contributed by atoms with E-state index in [0.29, 0.717) is 5.41 Å². The number of hydrogen-bond donors (Lipinski definition) is 0. The third-order valence-corrected chi connectivity index (χ3v) is 3.91. The molecule has 0 bridgehead atoms. The van der Waals surface area contributed by atoms with Gasteiger partial charge in [-0.1, -0.05) is 65.5 Å². The minimum atomic E-state index is 0.493. The Kier molecular flexibility index (Phi) is 6.30. The van der Waals surface area contributed by atoms with Crippen LogP contribution in [0.1, 0.15) is 79.1 Å². The molecule has 0 saturated heterocycles. The summed E-state index contributed by atoms with van der Waals surface area (Å²) in [6.45, 7) is 9.27. The smallest absolute Gasteiger partial charge is 0.0319 e. The van der Waals surface area contributed by atoms with Crippen molar-refractivity contribution in [2.75, 3.05) is 0 Å². The highest BCUT2D eigenvalue weighted by Crippen LogP contribution is 2.45. The van der Waals surface area contributed by atoms with E-state index in [2.05, 4.69) is 39.8 Å². The fourth-order valence-electron chi connectivity index (χ4n) is 2.51. The molecule has 0 aromatic rings. The molecule has 0 aliphatic heterocycles. The Balaban J connectivity index is 1.96. The average Bonchev–Trinajstić information content (AvgIpc) is 2.95. The first-order valence-corrected chi connectivity index (χ1v) is 7.68. The normalized spacial score (nSPS) is 24.5. The van der Waals surface area contributed by atoms with Crippen molar-refractivity contribution >= 4 is 0 Å². The molecule has 0 aromatic carbocycles. The third-order valence-electron chi connectivity index (χ3n) is 3.91. The lowest BCUT2D eigenvalue weighted by molar-refractivity contribution is 0.381. The van der Waals surface area contributed by atoms with Crippen molar-refractivity contribution in [1.82, 2.24) is 0 Å². The first kappa shape index (κ1) is 14.8. The second-order valence-electron chi connectivity index (χ2n) is 7.06. The summed E-state index contributed by atoms with van der Waals surface area (Å²) in [5, 5.41) is 0. The van der Waals surface area contributed by atoms with E-state index in [1.807, 2.05) is 0 Å². The quantitative estimate of drug-likeness (QED) is 0.359. The largest absolute Gasteiger partial charge is 0.0885 e. The van der Waals surface area contributed by atoms with Crippen LogP contribution in [0.3, 0.4) is 0 Å². The Bertz CT molecular complexity index is 219. The van der Waals surface area contributed by atoms with Crippen LogP contribution in [0.25, 0.3) is 0 Å². The van der Waals surface area contributed by atoms with Crippen LogP contribution in [-0.4, -0.2) is 0 Å². The monoisotopic (exact) mass is 236 g/mol. The molecule has 1 aliphatic rings. The van der Waals surface area contributed by atoms with Gasteiger partial charge in [-0.3, -0.25) is 0 Å². The maximum Gasteiger partial charge on any atom is -0.0319 e. The Hall–Kier alpha value is -0.260. The molecular weight excluding hydrogens is 204 g/mol. The van der Waals surface area contributed by atoms with Gasteiger partial charge in [0.25, 0.3) is 0 Å². The Morgan fingerprint density at radius 3 is 2.47 bits per heavy atom. The highest BCUT2D eigenvalue weighted by atomic mass is 14.4. The van der Waals surface area contributed by atoms with Crippen molar-refractivity contribution in [2.45, 2.75) is 79.1 Å². The van der Waals surface area contributed by atoms with Crippen molar-refractivity contribution < 1.29 is 0 Å². The molecule has 2 atom stereocenters. The van der Waals surface area contributed by atoms with Gasteiger partial charge < -0.3 is 0 Å². The van der Waals surface area contributed by atoms with Crippen molar-refractivity contribution in [3.8, 4) is 0 Å². The summed E-state index contributed by atoms with van der Waals surface area (Å²) in [6.07, 6.45) is 16.0. The van der Waals surface area contributed by atoms with Crippen LogP contribution in [0.15, 0.2) is 12.2 Å². The maximum atomic E-state index is 2.44. The molecule has 0 amide bonds. The summed E-state index contributed by atoms with van der Waals surface area (Å²) in [5.74, 6) is 2.12. The minimum absolute atomic E-state index is 0.493. The molecule has 0 nitrogen and oxygen atoms in total. The van der Waals surface area contributed by atoms with E-state index in [4.69, 9.17) is 0 Å². The molecule has 100 valence electrons.